The van der Waals surface area contributed by atoms with Gasteiger partial charge in [0, 0.05) is 0 Å². The van der Waals surface area contributed by atoms with Crippen molar-refractivity contribution in [3.05, 3.63) is 47.5 Å². The summed E-state index contributed by atoms with van der Waals surface area (Å²) in [6, 6.07) is 11.4. The molecule has 0 N–H and O–H groups in total. The summed E-state index contributed by atoms with van der Waals surface area (Å²) >= 11 is 0. The zero-order valence-corrected chi connectivity index (χ0v) is 12.8. The van der Waals surface area contributed by atoms with Crippen LogP contribution in [0, 0.1) is 0 Å². The van der Waals surface area contributed by atoms with Crippen molar-refractivity contribution in [2.24, 2.45) is 0 Å². The number of benzene rings is 2. The first-order valence-corrected chi connectivity index (χ1v) is 7.60. The Bertz CT molecular complexity index is 843. The van der Waals surface area contributed by atoms with Crippen LogP contribution in [0.5, 0.6) is 0 Å². The van der Waals surface area contributed by atoms with Crippen LogP contribution in [0.15, 0.2) is 36.4 Å². The lowest BCUT2D eigenvalue weighted by molar-refractivity contribution is 0.0528. The fourth-order valence-corrected chi connectivity index (χ4v) is 2.62. The van der Waals surface area contributed by atoms with E-state index in [1.807, 2.05) is 24.3 Å². The summed E-state index contributed by atoms with van der Waals surface area (Å²) < 4.78 is 5.12. The summed E-state index contributed by atoms with van der Waals surface area (Å²) in [4.78, 5) is 21.5. The maximum Gasteiger partial charge on any atom is 0.340 e. The Morgan fingerprint density at radius 1 is 1.00 bits per heavy atom. The largest absolute Gasteiger partial charge is 0.462 e. The van der Waals surface area contributed by atoms with E-state index in [1.165, 1.54) is 0 Å². The number of hydrogen-bond acceptors (Lipinski definition) is 4. The minimum atomic E-state index is -0.352. The van der Waals surface area contributed by atoms with Crippen molar-refractivity contribution in [2.45, 2.75) is 26.7 Å². The Morgan fingerprint density at radius 2 is 1.73 bits per heavy atom. The van der Waals surface area contributed by atoms with E-state index >= 15 is 0 Å². The highest BCUT2D eigenvalue weighted by atomic mass is 16.5. The van der Waals surface area contributed by atoms with Gasteiger partial charge in [-0.25, -0.2) is 14.8 Å². The van der Waals surface area contributed by atoms with Gasteiger partial charge in [-0.15, -0.1) is 0 Å². The van der Waals surface area contributed by atoms with E-state index in [0.29, 0.717) is 23.2 Å². The molecule has 1 aromatic heterocycles. The molecule has 0 atom stereocenters. The maximum atomic E-state index is 12.1. The average Bonchev–Trinajstić information content (AvgIpc) is 2.53. The normalized spacial score (nSPS) is 11.0. The van der Waals surface area contributed by atoms with Crippen molar-refractivity contribution in [3.8, 4) is 0 Å². The zero-order chi connectivity index (χ0) is 15.5. The Labute approximate surface area is 129 Å². The van der Waals surface area contributed by atoms with Crippen LogP contribution in [0.1, 0.15) is 36.2 Å². The smallest absolute Gasteiger partial charge is 0.340 e. The van der Waals surface area contributed by atoms with Gasteiger partial charge >= 0.3 is 5.97 Å². The van der Waals surface area contributed by atoms with Crippen LogP contribution in [-0.4, -0.2) is 22.5 Å². The molecule has 2 aromatic carbocycles. The molecule has 0 amide bonds. The molecule has 0 bridgehead atoms. The lowest BCUT2D eigenvalue weighted by atomic mass is 10.1. The zero-order valence-electron chi connectivity index (χ0n) is 12.8. The molecule has 4 nitrogen and oxygen atoms in total. The Kier molecular flexibility index (Phi) is 4.00. The van der Waals surface area contributed by atoms with Gasteiger partial charge in [0.15, 0.2) is 0 Å². The monoisotopic (exact) mass is 294 g/mol. The van der Waals surface area contributed by atoms with E-state index < -0.39 is 0 Å². The highest BCUT2D eigenvalue weighted by Crippen LogP contribution is 2.23. The number of rotatable bonds is 4. The molecule has 4 heteroatoms. The first-order chi connectivity index (χ1) is 10.7. The van der Waals surface area contributed by atoms with Gasteiger partial charge in [-0.1, -0.05) is 31.5 Å². The lowest BCUT2D eigenvalue weighted by Crippen LogP contribution is -2.06. The number of nitrogens with zero attached hydrogens (tertiary/aromatic N) is 2. The van der Waals surface area contributed by atoms with Crippen molar-refractivity contribution in [2.75, 3.05) is 6.61 Å². The van der Waals surface area contributed by atoms with Crippen LogP contribution in [0.25, 0.3) is 22.1 Å². The van der Waals surface area contributed by atoms with Crippen LogP contribution in [-0.2, 0) is 11.2 Å². The molecule has 22 heavy (non-hydrogen) atoms. The number of carbonyl (C=O) groups is 1. The van der Waals surface area contributed by atoms with Gasteiger partial charge < -0.3 is 4.74 Å². The Balaban J connectivity index is 2.27. The van der Waals surface area contributed by atoms with E-state index in [2.05, 4.69) is 18.0 Å². The van der Waals surface area contributed by atoms with Gasteiger partial charge in [0.25, 0.3) is 0 Å². The molecule has 0 saturated heterocycles. The molecule has 1 heterocycles. The molecule has 3 rings (SSSR count). The van der Waals surface area contributed by atoms with Gasteiger partial charge in [-0.05, 0) is 37.1 Å². The highest BCUT2D eigenvalue weighted by molar-refractivity contribution is 6.03. The number of fused-ring (bicyclic) bond motifs is 2. The number of ether oxygens (including phenoxy) is 1. The molecule has 0 saturated carbocycles. The molecule has 0 aliphatic carbocycles. The van der Waals surface area contributed by atoms with Crippen molar-refractivity contribution < 1.29 is 9.53 Å². The van der Waals surface area contributed by atoms with Crippen LogP contribution in [0.2, 0.25) is 0 Å². The second kappa shape index (κ2) is 6.10. The van der Waals surface area contributed by atoms with Crippen molar-refractivity contribution in [1.29, 1.82) is 0 Å². The first kappa shape index (κ1) is 14.4. The average molecular weight is 294 g/mol. The topological polar surface area (TPSA) is 52.1 Å². The van der Waals surface area contributed by atoms with Gasteiger partial charge in [0.1, 0.15) is 5.52 Å². The SMILES string of the molecule is CCCc1cccc2nc3cccc(C(=O)OCC)c3nc12. The summed E-state index contributed by atoms with van der Waals surface area (Å²) in [7, 11) is 0. The van der Waals surface area contributed by atoms with Crippen molar-refractivity contribution in [3.63, 3.8) is 0 Å². The standard InChI is InChI=1S/C18H18N2O2/c1-3-7-12-8-5-10-14-16(12)20-17-13(18(21)22-4-2)9-6-11-15(17)19-14/h5-6,8-11H,3-4,7H2,1-2H3. The summed E-state index contributed by atoms with van der Waals surface area (Å²) in [5.74, 6) is -0.352. The summed E-state index contributed by atoms with van der Waals surface area (Å²) in [6.45, 7) is 4.28. The predicted molar refractivity (Wildman–Crippen MR) is 87.0 cm³/mol. The Morgan fingerprint density at radius 3 is 2.45 bits per heavy atom. The summed E-state index contributed by atoms with van der Waals surface area (Å²) in [6.07, 6.45) is 1.98. The molecule has 0 spiro atoms. The Hall–Kier alpha value is -2.49. The fraction of sp³-hybridized carbons (Fsp3) is 0.278. The van der Waals surface area contributed by atoms with Crippen molar-refractivity contribution >= 4 is 28.0 Å². The molecule has 0 aliphatic rings. The van der Waals surface area contributed by atoms with E-state index in [-0.39, 0.29) is 5.97 Å². The minimum Gasteiger partial charge on any atom is -0.462 e. The van der Waals surface area contributed by atoms with Crippen LogP contribution < -0.4 is 0 Å². The minimum absolute atomic E-state index is 0.345. The molecule has 0 aliphatic heterocycles. The maximum absolute atomic E-state index is 12.1. The number of aromatic nitrogens is 2. The molecule has 0 radical (unpaired) electrons. The molecule has 3 aromatic rings. The second-order valence-corrected chi connectivity index (χ2v) is 5.15. The van der Waals surface area contributed by atoms with Gasteiger partial charge in [-0.2, -0.15) is 0 Å². The van der Waals surface area contributed by atoms with Gasteiger partial charge in [0.2, 0.25) is 0 Å². The van der Waals surface area contributed by atoms with E-state index in [4.69, 9.17) is 9.72 Å². The highest BCUT2D eigenvalue weighted by Gasteiger charge is 2.14. The third-order valence-electron chi connectivity index (χ3n) is 3.59. The number of hydrogen-bond donors (Lipinski definition) is 0. The van der Waals surface area contributed by atoms with Crippen LogP contribution >= 0.6 is 0 Å². The number of aryl methyl sites for hydroxylation is 1. The molecule has 0 fully saturated rings. The van der Waals surface area contributed by atoms with E-state index in [0.717, 1.165) is 29.4 Å². The van der Waals surface area contributed by atoms with Crippen LogP contribution in [0.4, 0.5) is 0 Å². The third-order valence-corrected chi connectivity index (χ3v) is 3.59. The fourth-order valence-electron chi connectivity index (χ4n) is 2.62. The lowest BCUT2D eigenvalue weighted by Gasteiger charge is -2.08. The predicted octanol–water partition coefficient (Wildman–Crippen LogP) is 3.91. The molecule has 0 unspecified atom stereocenters. The number of para-hydroxylation sites is 2. The number of carbonyl (C=O) groups excluding carboxylic acids is 1. The van der Waals surface area contributed by atoms with Gasteiger partial charge in [-0.3, -0.25) is 0 Å². The quantitative estimate of drug-likeness (QED) is 0.540. The summed E-state index contributed by atoms with van der Waals surface area (Å²) in [5.41, 5.74) is 4.69. The van der Waals surface area contributed by atoms with E-state index in [9.17, 15) is 4.79 Å². The van der Waals surface area contributed by atoms with Crippen LogP contribution in [0.3, 0.4) is 0 Å². The van der Waals surface area contributed by atoms with E-state index in [1.54, 1.807) is 13.0 Å². The molecular formula is C18H18N2O2. The second-order valence-electron chi connectivity index (χ2n) is 5.15. The molecular weight excluding hydrogens is 276 g/mol. The summed E-state index contributed by atoms with van der Waals surface area (Å²) in [5, 5.41) is 0. The molecule has 112 valence electrons. The number of esters is 1. The van der Waals surface area contributed by atoms with Crippen molar-refractivity contribution in [1.82, 2.24) is 9.97 Å². The first-order valence-electron chi connectivity index (χ1n) is 7.60. The third kappa shape index (κ3) is 2.52. The van der Waals surface area contributed by atoms with Gasteiger partial charge in [0.05, 0.1) is 28.7 Å².